The molecule has 0 aliphatic carbocycles. The van der Waals surface area contributed by atoms with Gasteiger partial charge in [-0.2, -0.15) is 0 Å². The molecule has 1 heterocycles. The Balaban J connectivity index is 2.57. The number of methoxy groups -OCH3 is 1. The van der Waals surface area contributed by atoms with Gasteiger partial charge in [-0.05, 0) is 13.3 Å². The molecule has 1 aliphatic heterocycles. The van der Waals surface area contributed by atoms with Crippen LogP contribution in [0.5, 0.6) is 0 Å². The SMILES string of the molecule is C=C(C(=O)OC)C1CCOC1C. The van der Waals surface area contributed by atoms with Gasteiger partial charge in [0.2, 0.25) is 0 Å². The maximum Gasteiger partial charge on any atom is 0.333 e. The molecule has 3 nitrogen and oxygen atoms in total. The molecule has 0 N–H and O–H groups in total. The Morgan fingerprint density at radius 1 is 1.67 bits per heavy atom. The van der Waals surface area contributed by atoms with Crippen LogP contribution in [0.4, 0.5) is 0 Å². The smallest absolute Gasteiger partial charge is 0.333 e. The van der Waals surface area contributed by atoms with E-state index in [1.54, 1.807) is 0 Å². The van der Waals surface area contributed by atoms with Gasteiger partial charge in [0.05, 0.1) is 13.2 Å². The first-order valence-electron chi connectivity index (χ1n) is 4.05. The van der Waals surface area contributed by atoms with E-state index in [9.17, 15) is 4.79 Å². The van der Waals surface area contributed by atoms with Crippen LogP contribution in [0.2, 0.25) is 0 Å². The number of ether oxygens (including phenoxy) is 2. The van der Waals surface area contributed by atoms with Crippen LogP contribution in [0.1, 0.15) is 13.3 Å². The monoisotopic (exact) mass is 170 g/mol. The molecule has 68 valence electrons. The van der Waals surface area contributed by atoms with Gasteiger partial charge in [-0.1, -0.05) is 6.58 Å². The van der Waals surface area contributed by atoms with E-state index in [-0.39, 0.29) is 18.0 Å². The fourth-order valence-electron chi connectivity index (χ4n) is 1.47. The van der Waals surface area contributed by atoms with Crippen molar-refractivity contribution in [2.24, 2.45) is 5.92 Å². The van der Waals surface area contributed by atoms with Crippen molar-refractivity contribution in [3.8, 4) is 0 Å². The Kier molecular flexibility index (Phi) is 2.87. The van der Waals surface area contributed by atoms with Gasteiger partial charge in [-0.25, -0.2) is 4.79 Å². The highest BCUT2D eigenvalue weighted by atomic mass is 16.5. The number of esters is 1. The van der Waals surface area contributed by atoms with Gasteiger partial charge < -0.3 is 9.47 Å². The van der Waals surface area contributed by atoms with Gasteiger partial charge in [0.15, 0.2) is 0 Å². The highest BCUT2D eigenvalue weighted by Crippen LogP contribution is 2.27. The molecule has 1 saturated heterocycles. The molecule has 12 heavy (non-hydrogen) atoms. The lowest BCUT2D eigenvalue weighted by atomic mass is 9.94. The quantitative estimate of drug-likeness (QED) is 0.460. The summed E-state index contributed by atoms with van der Waals surface area (Å²) in [6.07, 6.45) is 0.964. The van der Waals surface area contributed by atoms with Crippen LogP contribution in [0.15, 0.2) is 12.2 Å². The number of carbonyl (C=O) groups is 1. The Morgan fingerprint density at radius 2 is 2.33 bits per heavy atom. The fraction of sp³-hybridized carbons (Fsp3) is 0.667. The highest BCUT2D eigenvalue weighted by molar-refractivity contribution is 5.88. The van der Waals surface area contributed by atoms with Crippen molar-refractivity contribution in [3.63, 3.8) is 0 Å². The maximum absolute atomic E-state index is 11.1. The molecule has 1 rings (SSSR count). The summed E-state index contributed by atoms with van der Waals surface area (Å²) in [5.41, 5.74) is 0.530. The number of hydrogen-bond acceptors (Lipinski definition) is 3. The molecule has 0 saturated carbocycles. The molecule has 1 aliphatic rings. The average Bonchev–Trinajstić information content (AvgIpc) is 2.48. The van der Waals surface area contributed by atoms with E-state index >= 15 is 0 Å². The molecular weight excluding hydrogens is 156 g/mol. The van der Waals surface area contributed by atoms with Gasteiger partial charge in [0.1, 0.15) is 0 Å². The fourth-order valence-corrected chi connectivity index (χ4v) is 1.47. The van der Waals surface area contributed by atoms with Crippen LogP contribution >= 0.6 is 0 Å². The van der Waals surface area contributed by atoms with Crippen molar-refractivity contribution in [2.45, 2.75) is 19.4 Å². The minimum atomic E-state index is -0.322. The summed E-state index contributed by atoms with van der Waals surface area (Å²) in [4.78, 5) is 11.1. The van der Waals surface area contributed by atoms with Gasteiger partial charge in [-0.3, -0.25) is 0 Å². The van der Waals surface area contributed by atoms with Gasteiger partial charge >= 0.3 is 5.97 Å². The molecule has 0 spiro atoms. The van der Waals surface area contributed by atoms with E-state index in [1.807, 2.05) is 6.92 Å². The molecule has 0 aromatic rings. The zero-order chi connectivity index (χ0) is 9.14. The van der Waals surface area contributed by atoms with Gasteiger partial charge in [-0.15, -0.1) is 0 Å². The van der Waals surface area contributed by atoms with Crippen molar-refractivity contribution in [3.05, 3.63) is 12.2 Å². The van der Waals surface area contributed by atoms with Crippen molar-refractivity contribution in [1.29, 1.82) is 0 Å². The predicted octanol–water partition coefficient (Wildman–Crippen LogP) is 1.14. The lowest BCUT2D eigenvalue weighted by molar-refractivity contribution is -0.136. The van der Waals surface area contributed by atoms with E-state index in [0.29, 0.717) is 12.2 Å². The van der Waals surface area contributed by atoms with E-state index < -0.39 is 0 Å². The molecular formula is C9H14O3. The molecule has 0 aromatic heterocycles. The van der Waals surface area contributed by atoms with E-state index in [4.69, 9.17) is 4.74 Å². The van der Waals surface area contributed by atoms with E-state index in [1.165, 1.54) is 7.11 Å². The van der Waals surface area contributed by atoms with Crippen molar-refractivity contribution >= 4 is 5.97 Å². The second kappa shape index (κ2) is 3.72. The first-order valence-corrected chi connectivity index (χ1v) is 4.05. The summed E-state index contributed by atoms with van der Waals surface area (Å²) < 4.78 is 9.89. The topological polar surface area (TPSA) is 35.5 Å². The minimum Gasteiger partial charge on any atom is -0.466 e. The first kappa shape index (κ1) is 9.26. The third-order valence-corrected chi connectivity index (χ3v) is 2.27. The van der Waals surface area contributed by atoms with Crippen molar-refractivity contribution in [2.75, 3.05) is 13.7 Å². The number of hydrogen-bond donors (Lipinski definition) is 0. The predicted molar refractivity (Wildman–Crippen MR) is 44.7 cm³/mol. The zero-order valence-corrected chi connectivity index (χ0v) is 7.50. The molecule has 0 bridgehead atoms. The van der Waals surface area contributed by atoms with E-state index in [2.05, 4.69) is 11.3 Å². The molecule has 2 atom stereocenters. The standard InChI is InChI=1S/C9H14O3/c1-6(9(10)11-3)8-4-5-12-7(8)2/h7-8H,1,4-5H2,2-3H3. The second-order valence-electron chi connectivity index (χ2n) is 2.99. The lowest BCUT2D eigenvalue weighted by Crippen LogP contribution is -2.19. The third kappa shape index (κ3) is 1.67. The molecule has 0 radical (unpaired) electrons. The molecule has 1 fully saturated rings. The van der Waals surface area contributed by atoms with Gasteiger partial charge in [0, 0.05) is 18.1 Å². The second-order valence-corrected chi connectivity index (χ2v) is 2.99. The van der Waals surface area contributed by atoms with Crippen LogP contribution in [0.25, 0.3) is 0 Å². The number of rotatable bonds is 2. The first-order chi connectivity index (χ1) is 5.66. The Morgan fingerprint density at radius 3 is 2.75 bits per heavy atom. The van der Waals surface area contributed by atoms with E-state index in [0.717, 1.165) is 6.42 Å². The van der Waals surface area contributed by atoms with Crippen LogP contribution in [-0.2, 0) is 14.3 Å². The van der Waals surface area contributed by atoms with Crippen molar-refractivity contribution < 1.29 is 14.3 Å². The summed E-state index contributed by atoms with van der Waals surface area (Å²) in [7, 11) is 1.37. The highest BCUT2D eigenvalue weighted by Gasteiger charge is 2.30. The van der Waals surface area contributed by atoms with Crippen LogP contribution in [0.3, 0.4) is 0 Å². The Labute approximate surface area is 72.4 Å². The average molecular weight is 170 g/mol. The number of carbonyl (C=O) groups excluding carboxylic acids is 1. The lowest BCUT2D eigenvalue weighted by Gasteiger charge is -2.14. The van der Waals surface area contributed by atoms with Crippen LogP contribution in [0, 0.1) is 5.92 Å². The molecule has 2 unspecified atom stereocenters. The third-order valence-electron chi connectivity index (χ3n) is 2.27. The summed E-state index contributed by atoms with van der Waals surface area (Å²) >= 11 is 0. The minimum absolute atomic E-state index is 0.0941. The summed E-state index contributed by atoms with van der Waals surface area (Å²) in [6.45, 7) is 6.36. The molecule has 0 aromatic carbocycles. The summed E-state index contributed by atoms with van der Waals surface area (Å²) in [5, 5.41) is 0. The van der Waals surface area contributed by atoms with Gasteiger partial charge in [0.25, 0.3) is 0 Å². The molecule has 0 amide bonds. The van der Waals surface area contributed by atoms with Crippen LogP contribution in [-0.4, -0.2) is 25.8 Å². The summed E-state index contributed by atoms with van der Waals surface area (Å²) in [6, 6.07) is 0. The van der Waals surface area contributed by atoms with Crippen molar-refractivity contribution in [1.82, 2.24) is 0 Å². The largest absolute Gasteiger partial charge is 0.466 e. The maximum atomic E-state index is 11.1. The Bertz CT molecular complexity index is 198. The summed E-state index contributed by atoms with van der Waals surface area (Å²) in [5.74, 6) is -0.185. The Hall–Kier alpha value is -0.830. The normalized spacial score (nSPS) is 28.5. The zero-order valence-electron chi connectivity index (χ0n) is 7.50. The van der Waals surface area contributed by atoms with Crippen LogP contribution < -0.4 is 0 Å². The molecule has 3 heteroatoms.